The van der Waals surface area contributed by atoms with E-state index in [9.17, 15) is 9.18 Å². The Balaban J connectivity index is 2.59. The Morgan fingerprint density at radius 2 is 2.06 bits per heavy atom. The van der Waals surface area contributed by atoms with Gasteiger partial charge in [0.15, 0.2) is 0 Å². The lowest BCUT2D eigenvalue weighted by molar-refractivity contribution is 0.534. The molecule has 1 aromatic carbocycles. The molecule has 0 saturated carbocycles. The van der Waals surface area contributed by atoms with E-state index in [1.165, 1.54) is 18.2 Å². The van der Waals surface area contributed by atoms with Crippen molar-refractivity contribution in [2.75, 3.05) is 0 Å². The predicted octanol–water partition coefficient (Wildman–Crippen LogP) is 2.56. The minimum absolute atomic E-state index is 0.126. The number of aromatic nitrogens is 2. The number of nitrogens with one attached hydrogen (secondary N) is 1. The summed E-state index contributed by atoms with van der Waals surface area (Å²) in [5.41, 5.74) is 1.24. The first-order valence-electron chi connectivity index (χ1n) is 5.15. The number of nitrogens with zero attached hydrogens (tertiary/aromatic N) is 1. The van der Waals surface area contributed by atoms with Crippen LogP contribution in [0, 0.1) is 5.82 Å². The second-order valence-corrected chi connectivity index (χ2v) is 3.98. The molecule has 3 nitrogen and oxygen atoms in total. The van der Waals surface area contributed by atoms with Crippen molar-refractivity contribution >= 4 is 0 Å². The van der Waals surface area contributed by atoms with Crippen LogP contribution in [0.15, 0.2) is 35.1 Å². The van der Waals surface area contributed by atoms with Crippen molar-refractivity contribution in [2.24, 2.45) is 0 Å². The van der Waals surface area contributed by atoms with Crippen LogP contribution in [-0.2, 0) is 0 Å². The zero-order valence-electron chi connectivity index (χ0n) is 9.20. The van der Waals surface area contributed by atoms with E-state index in [1.54, 1.807) is 16.8 Å². The monoisotopic (exact) mass is 220 g/mol. The molecule has 0 amide bonds. The van der Waals surface area contributed by atoms with Crippen LogP contribution in [0.3, 0.4) is 0 Å². The van der Waals surface area contributed by atoms with Crippen molar-refractivity contribution in [3.8, 4) is 11.3 Å². The molecule has 0 atom stereocenters. The molecule has 0 saturated heterocycles. The molecule has 0 bridgehead atoms. The molecule has 0 aliphatic rings. The first kappa shape index (κ1) is 10.7. The molecule has 2 aromatic rings. The van der Waals surface area contributed by atoms with Gasteiger partial charge in [0, 0.05) is 17.7 Å². The lowest BCUT2D eigenvalue weighted by atomic mass is 10.1. The second-order valence-electron chi connectivity index (χ2n) is 3.98. The normalized spacial score (nSPS) is 11.0. The summed E-state index contributed by atoms with van der Waals surface area (Å²) in [5, 5.41) is 2.70. The van der Waals surface area contributed by atoms with Crippen LogP contribution in [0.1, 0.15) is 19.9 Å². The number of H-pyrrole nitrogens is 1. The molecule has 1 N–H and O–H groups in total. The van der Waals surface area contributed by atoms with Crippen molar-refractivity contribution in [3.05, 3.63) is 46.5 Å². The smallest absolute Gasteiger partial charge is 0.264 e. The summed E-state index contributed by atoms with van der Waals surface area (Å²) in [4.78, 5) is 11.3. The van der Waals surface area contributed by atoms with E-state index in [0.29, 0.717) is 11.3 Å². The van der Waals surface area contributed by atoms with Crippen molar-refractivity contribution in [2.45, 2.75) is 19.9 Å². The van der Waals surface area contributed by atoms with Gasteiger partial charge >= 0.3 is 0 Å². The predicted molar refractivity (Wildman–Crippen MR) is 60.8 cm³/mol. The minimum Gasteiger partial charge on any atom is -0.282 e. The van der Waals surface area contributed by atoms with Crippen molar-refractivity contribution in [1.29, 1.82) is 0 Å². The third-order valence-corrected chi connectivity index (χ3v) is 2.39. The lowest BCUT2D eigenvalue weighted by Crippen LogP contribution is -2.08. The number of hydrogen-bond acceptors (Lipinski definition) is 1. The van der Waals surface area contributed by atoms with Crippen molar-refractivity contribution in [3.63, 3.8) is 0 Å². The number of aromatic amines is 1. The van der Waals surface area contributed by atoms with Crippen LogP contribution in [0.25, 0.3) is 11.3 Å². The van der Waals surface area contributed by atoms with E-state index in [-0.39, 0.29) is 17.4 Å². The fraction of sp³-hybridized carbons (Fsp3) is 0.250. The van der Waals surface area contributed by atoms with Gasteiger partial charge in [-0.2, -0.15) is 0 Å². The minimum atomic E-state index is -0.304. The third kappa shape index (κ3) is 1.91. The summed E-state index contributed by atoms with van der Waals surface area (Å²) in [7, 11) is 0. The molecular formula is C12H13FN2O. The van der Waals surface area contributed by atoms with Crippen molar-refractivity contribution in [1.82, 2.24) is 9.78 Å². The van der Waals surface area contributed by atoms with Gasteiger partial charge in [-0.1, -0.05) is 12.1 Å². The number of benzene rings is 1. The molecule has 1 aromatic heterocycles. The Hall–Kier alpha value is -1.84. The van der Waals surface area contributed by atoms with E-state index in [1.807, 2.05) is 13.8 Å². The van der Waals surface area contributed by atoms with Gasteiger partial charge in [0.25, 0.3) is 5.56 Å². The molecule has 0 aliphatic heterocycles. The Labute approximate surface area is 92.5 Å². The van der Waals surface area contributed by atoms with E-state index in [2.05, 4.69) is 5.10 Å². The van der Waals surface area contributed by atoms with E-state index >= 15 is 0 Å². The van der Waals surface area contributed by atoms with Gasteiger partial charge in [-0.3, -0.25) is 14.6 Å². The summed E-state index contributed by atoms with van der Waals surface area (Å²) in [6, 6.07) is 7.82. The van der Waals surface area contributed by atoms with Crippen LogP contribution in [0.2, 0.25) is 0 Å². The Morgan fingerprint density at radius 1 is 1.31 bits per heavy atom. The zero-order valence-corrected chi connectivity index (χ0v) is 9.20. The Bertz CT molecular complexity index is 554. The van der Waals surface area contributed by atoms with Gasteiger partial charge in [0.05, 0.1) is 5.69 Å². The topological polar surface area (TPSA) is 37.8 Å². The summed E-state index contributed by atoms with van der Waals surface area (Å²) < 4.78 is 14.8. The van der Waals surface area contributed by atoms with Crippen LogP contribution in [0.4, 0.5) is 4.39 Å². The highest BCUT2D eigenvalue weighted by molar-refractivity contribution is 5.59. The van der Waals surface area contributed by atoms with Gasteiger partial charge in [-0.25, -0.2) is 4.39 Å². The summed E-state index contributed by atoms with van der Waals surface area (Å²) in [6.07, 6.45) is 0. The highest BCUT2D eigenvalue weighted by atomic mass is 19.1. The second kappa shape index (κ2) is 3.96. The number of rotatable bonds is 2. The average Bonchev–Trinajstić information content (AvgIpc) is 2.60. The van der Waals surface area contributed by atoms with E-state index in [4.69, 9.17) is 0 Å². The SMILES string of the molecule is CC(C)n1[nH]c(=O)cc1-c1cccc(F)c1. The number of hydrogen-bond donors (Lipinski definition) is 1. The van der Waals surface area contributed by atoms with Gasteiger partial charge in [0.2, 0.25) is 0 Å². The lowest BCUT2D eigenvalue weighted by Gasteiger charge is -2.11. The molecule has 0 unspecified atom stereocenters. The summed E-state index contributed by atoms with van der Waals surface area (Å²) in [6.45, 7) is 3.91. The highest BCUT2D eigenvalue weighted by Crippen LogP contribution is 2.20. The molecule has 0 radical (unpaired) electrons. The van der Waals surface area contributed by atoms with E-state index < -0.39 is 0 Å². The molecule has 0 aliphatic carbocycles. The molecule has 16 heavy (non-hydrogen) atoms. The average molecular weight is 220 g/mol. The third-order valence-electron chi connectivity index (χ3n) is 2.39. The first-order valence-corrected chi connectivity index (χ1v) is 5.15. The fourth-order valence-electron chi connectivity index (χ4n) is 1.68. The molecule has 1 heterocycles. The Kier molecular flexibility index (Phi) is 2.64. The number of halogens is 1. The molecular weight excluding hydrogens is 207 g/mol. The molecule has 0 fully saturated rings. The maximum absolute atomic E-state index is 13.1. The molecule has 4 heteroatoms. The molecule has 0 spiro atoms. The Morgan fingerprint density at radius 3 is 2.69 bits per heavy atom. The van der Waals surface area contributed by atoms with Gasteiger partial charge < -0.3 is 0 Å². The summed E-state index contributed by atoms with van der Waals surface area (Å²) in [5.74, 6) is -0.304. The largest absolute Gasteiger partial charge is 0.282 e. The van der Waals surface area contributed by atoms with Crippen LogP contribution < -0.4 is 5.56 Å². The highest BCUT2D eigenvalue weighted by Gasteiger charge is 2.09. The standard InChI is InChI=1S/C12H13FN2O/c1-8(2)15-11(7-12(16)14-15)9-4-3-5-10(13)6-9/h3-8H,1-2H3,(H,14,16). The quantitative estimate of drug-likeness (QED) is 0.829. The zero-order chi connectivity index (χ0) is 11.7. The van der Waals surface area contributed by atoms with Gasteiger partial charge in [0.1, 0.15) is 5.82 Å². The van der Waals surface area contributed by atoms with Crippen LogP contribution >= 0.6 is 0 Å². The first-order chi connectivity index (χ1) is 7.58. The van der Waals surface area contributed by atoms with Gasteiger partial charge in [-0.15, -0.1) is 0 Å². The maximum atomic E-state index is 13.1. The summed E-state index contributed by atoms with van der Waals surface area (Å²) >= 11 is 0. The fourth-order valence-corrected chi connectivity index (χ4v) is 1.68. The van der Waals surface area contributed by atoms with Crippen molar-refractivity contribution < 1.29 is 4.39 Å². The van der Waals surface area contributed by atoms with Crippen LogP contribution in [0.5, 0.6) is 0 Å². The molecule has 2 rings (SSSR count). The van der Waals surface area contributed by atoms with Crippen LogP contribution in [-0.4, -0.2) is 9.78 Å². The maximum Gasteiger partial charge on any atom is 0.264 e. The molecule has 84 valence electrons. The van der Waals surface area contributed by atoms with Gasteiger partial charge in [-0.05, 0) is 26.0 Å². The van der Waals surface area contributed by atoms with E-state index in [0.717, 1.165) is 0 Å².